The summed E-state index contributed by atoms with van der Waals surface area (Å²) in [7, 11) is 0. The average Bonchev–Trinajstić information content (AvgIpc) is 3.62. The van der Waals surface area contributed by atoms with Gasteiger partial charge in [0, 0.05) is 0 Å². The number of aliphatic hydroxyl groups excluding tert-OH is 1. The van der Waals surface area contributed by atoms with Crippen LogP contribution in [0.5, 0.6) is 0 Å². The SMILES string of the molecule is CC1(C)O[C@H]2[C@@H](O1)[C@@H](/C=C\[C@@H]1O[C@H](CO)[C@H](OCc3ccccc3)[C@H](OCc3ccccc3)[C@H]1OCc1ccccc1)O[C@@H]1OC(C)(C)O[C@@H]12. The van der Waals surface area contributed by atoms with Crippen LogP contribution < -0.4 is 0 Å². The maximum Gasteiger partial charge on any atom is 0.190 e. The smallest absolute Gasteiger partial charge is 0.190 e. The minimum absolute atomic E-state index is 0.278. The Morgan fingerprint density at radius 1 is 0.540 bits per heavy atom. The van der Waals surface area contributed by atoms with E-state index >= 15 is 0 Å². The summed E-state index contributed by atoms with van der Waals surface area (Å²) < 4.78 is 58.1. The van der Waals surface area contributed by atoms with Gasteiger partial charge in [-0.25, -0.2) is 0 Å². The van der Waals surface area contributed by atoms with Crippen molar-refractivity contribution in [2.24, 2.45) is 0 Å². The van der Waals surface area contributed by atoms with E-state index in [1.54, 1.807) is 0 Å². The van der Waals surface area contributed by atoms with Crippen LogP contribution in [0.4, 0.5) is 0 Å². The van der Waals surface area contributed by atoms with Crippen LogP contribution in [0.2, 0.25) is 0 Å². The van der Waals surface area contributed by atoms with Gasteiger partial charge in [-0.1, -0.05) is 103 Å². The Morgan fingerprint density at radius 3 is 1.56 bits per heavy atom. The molecule has 3 aromatic rings. The van der Waals surface area contributed by atoms with E-state index in [1.807, 2.05) is 131 Å². The van der Waals surface area contributed by atoms with E-state index in [4.69, 9.17) is 42.6 Å². The molecule has 0 unspecified atom stereocenters. The molecule has 0 spiro atoms. The van der Waals surface area contributed by atoms with E-state index in [0.29, 0.717) is 19.8 Å². The molecule has 0 radical (unpaired) electrons. The number of hydrogen-bond donors (Lipinski definition) is 1. The maximum atomic E-state index is 10.7. The summed E-state index contributed by atoms with van der Waals surface area (Å²) in [6, 6.07) is 29.9. The van der Waals surface area contributed by atoms with Crippen LogP contribution in [0.25, 0.3) is 0 Å². The number of benzene rings is 3. The number of fused-ring (bicyclic) bond motifs is 3. The standard InChI is InChI=1S/C40H48O10/c1-39(2)47-34-30(46-38-37(36(34)48-39)49-40(3,4)50-38)21-20-29-32(42-23-26-14-8-5-9-15-26)35(44-25-28-18-12-7-13-19-28)33(31(22-41)45-29)43-24-27-16-10-6-11-17-27/h5-21,29-38,41H,22-25H2,1-4H3/b21-20-/t29-,30+,31+,32-,33-,34-,35+,36-,37+,38+/m0/s1. The molecule has 10 heteroatoms. The number of ether oxygens (including phenoxy) is 9. The highest BCUT2D eigenvalue weighted by Crippen LogP contribution is 2.44. The van der Waals surface area contributed by atoms with Crippen LogP contribution >= 0.6 is 0 Å². The first-order valence-corrected chi connectivity index (χ1v) is 17.5. The zero-order valence-electron chi connectivity index (χ0n) is 29.0. The zero-order valence-corrected chi connectivity index (χ0v) is 29.0. The lowest BCUT2D eigenvalue weighted by Crippen LogP contribution is -2.60. The molecule has 4 saturated heterocycles. The molecular weight excluding hydrogens is 640 g/mol. The monoisotopic (exact) mass is 688 g/mol. The van der Waals surface area contributed by atoms with E-state index in [0.717, 1.165) is 16.7 Å². The molecule has 7 rings (SSSR count). The summed E-state index contributed by atoms with van der Waals surface area (Å²) in [5.41, 5.74) is 3.02. The van der Waals surface area contributed by atoms with Crippen molar-refractivity contribution in [3.8, 4) is 0 Å². The molecular formula is C40H48O10. The Balaban J connectivity index is 1.19. The largest absolute Gasteiger partial charge is 0.394 e. The fourth-order valence-electron chi connectivity index (χ4n) is 7.14. The molecule has 10 atom stereocenters. The lowest BCUT2D eigenvalue weighted by atomic mass is 9.92. The van der Waals surface area contributed by atoms with Crippen LogP contribution in [-0.2, 0) is 62.5 Å². The van der Waals surface area contributed by atoms with Crippen LogP contribution in [-0.4, -0.2) is 84.5 Å². The Morgan fingerprint density at radius 2 is 1.00 bits per heavy atom. The quantitative estimate of drug-likeness (QED) is 0.247. The van der Waals surface area contributed by atoms with Crippen molar-refractivity contribution in [1.82, 2.24) is 0 Å². The van der Waals surface area contributed by atoms with Crippen molar-refractivity contribution in [3.63, 3.8) is 0 Å². The Labute approximate surface area is 294 Å². The van der Waals surface area contributed by atoms with Crippen molar-refractivity contribution in [2.75, 3.05) is 6.61 Å². The minimum Gasteiger partial charge on any atom is -0.394 e. The van der Waals surface area contributed by atoms with E-state index in [2.05, 4.69) is 0 Å². The van der Waals surface area contributed by atoms with Crippen LogP contribution in [0.1, 0.15) is 44.4 Å². The Hall–Kier alpha value is -3.00. The predicted octanol–water partition coefficient (Wildman–Crippen LogP) is 5.46. The zero-order chi connectivity index (χ0) is 34.7. The third kappa shape index (κ3) is 8.21. The van der Waals surface area contributed by atoms with Crippen molar-refractivity contribution in [3.05, 3.63) is 120 Å². The van der Waals surface area contributed by atoms with Gasteiger partial charge in [0.2, 0.25) is 0 Å². The first-order valence-electron chi connectivity index (χ1n) is 17.5. The molecule has 0 amide bonds. The van der Waals surface area contributed by atoms with Gasteiger partial charge in [-0.2, -0.15) is 0 Å². The summed E-state index contributed by atoms with van der Waals surface area (Å²) in [4.78, 5) is 0. The second kappa shape index (κ2) is 15.3. The molecule has 4 fully saturated rings. The lowest BCUT2D eigenvalue weighted by Gasteiger charge is -2.45. The van der Waals surface area contributed by atoms with Crippen molar-refractivity contribution >= 4 is 0 Å². The van der Waals surface area contributed by atoms with E-state index in [-0.39, 0.29) is 6.61 Å². The molecule has 4 aliphatic rings. The number of rotatable bonds is 12. The van der Waals surface area contributed by atoms with E-state index in [9.17, 15) is 5.11 Å². The van der Waals surface area contributed by atoms with Crippen LogP contribution in [0.15, 0.2) is 103 Å². The van der Waals surface area contributed by atoms with Crippen molar-refractivity contribution < 1.29 is 47.7 Å². The van der Waals surface area contributed by atoms with Gasteiger partial charge < -0.3 is 47.7 Å². The van der Waals surface area contributed by atoms with Gasteiger partial charge in [0.05, 0.1) is 26.4 Å². The molecule has 0 bridgehead atoms. The molecule has 50 heavy (non-hydrogen) atoms. The average molecular weight is 689 g/mol. The molecule has 4 aliphatic heterocycles. The summed E-state index contributed by atoms with van der Waals surface area (Å²) in [6.45, 7) is 8.17. The molecule has 0 aromatic heterocycles. The molecule has 3 aromatic carbocycles. The highest BCUT2D eigenvalue weighted by Gasteiger charge is 2.60. The highest BCUT2D eigenvalue weighted by atomic mass is 16.9. The minimum atomic E-state index is -0.833. The summed E-state index contributed by atoms with van der Waals surface area (Å²) >= 11 is 0. The second-order valence-electron chi connectivity index (χ2n) is 14.1. The lowest BCUT2D eigenvalue weighted by molar-refractivity contribution is -0.260. The first-order chi connectivity index (χ1) is 24.2. The third-order valence-corrected chi connectivity index (χ3v) is 9.39. The van der Waals surface area contributed by atoms with Gasteiger partial charge in [0.25, 0.3) is 0 Å². The summed E-state index contributed by atoms with van der Waals surface area (Å²) in [5, 5.41) is 10.7. The Kier molecular flexibility index (Phi) is 10.8. The van der Waals surface area contributed by atoms with E-state index in [1.165, 1.54) is 0 Å². The predicted molar refractivity (Wildman–Crippen MR) is 182 cm³/mol. The molecule has 0 saturated carbocycles. The van der Waals surface area contributed by atoms with Gasteiger partial charge in [-0.3, -0.25) is 0 Å². The number of aliphatic hydroxyl groups is 1. The van der Waals surface area contributed by atoms with Crippen molar-refractivity contribution in [1.29, 1.82) is 0 Å². The van der Waals surface area contributed by atoms with Gasteiger partial charge in [0.15, 0.2) is 17.9 Å². The summed E-state index contributed by atoms with van der Waals surface area (Å²) in [6.07, 6.45) is -1.83. The highest BCUT2D eigenvalue weighted by molar-refractivity contribution is 5.17. The van der Waals surface area contributed by atoms with Gasteiger partial charge >= 0.3 is 0 Å². The maximum absolute atomic E-state index is 10.7. The topological polar surface area (TPSA) is 103 Å². The van der Waals surface area contributed by atoms with Gasteiger partial charge in [0.1, 0.15) is 54.9 Å². The molecule has 1 N–H and O–H groups in total. The molecule has 0 aliphatic carbocycles. The number of hydrogen-bond acceptors (Lipinski definition) is 10. The van der Waals surface area contributed by atoms with Gasteiger partial charge in [-0.05, 0) is 44.4 Å². The normalized spacial score (nSPS) is 34.4. The van der Waals surface area contributed by atoms with Crippen LogP contribution in [0, 0.1) is 0 Å². The third-order valence-electron chi connectivity index (χ3n) is 9.39. The molecule has 4 heterocycles. The van der Waals surface area contributed by atoms with E-state index < -0.39 is 72.8 Å². The fraction of sp³-hybridized carbons (Fsp3) is 0.500. The fourth-order valence-corrected chi connectivity index (χ4v) is 7.14. The Bertz CT molecular complexity index is 1530. The molecule has 10 nitrogen and oxygen atoms in total. The van der Waals surface area contributed by atoms with Crippen molar-refractivity contribution in [2.45, 2.75) is 120 Å². The van der Waals surface area contributed by atoms with Crippen LogP contribution in [0.3, 0.4) is 0 Å². The summed E-state index contributed by atoms with van der Waals surface area (Å²) in [5.74, 6) is -1.66. The second-order valence-corrected chi connectivity index (χ2v) is 14.1. The first kappa shape index (κ1) is 35.4. The molecule has 268 valence electrons. The van der Waals surface area contributed by atoms with Gasteiger partial charge in [-0.15, -0.1) is 0 Å².